The fourth-order valence-electron chi connectivity index (χ4n) is 3.85. The van der Waals surface area contributed by atoms with Crippen molar-refractivity contribution < 1.29 is 19.1 Å². The Labute approximate surface area is 199 Å². The van der Waals surface area contributed by atoms with E-state index in [4.69, 9.17) is 4.74 Å². The molecule has 0 radical (unpaired) electrons. The predicted octanol–water partition coefficient (Wildman–Crippen LogP) is 4.21. The molecule has 6 nitrogen and oxygen atoms in total. The number of hydrogen-bond donors (Lipinski definition) is 2. The van der Waals surface area contributed by atoms with Crippen molar-refractivity contribution in [1.29, 1.82) is 0 Å². The van der Waals surface area contributed by atoms with Crippen molar-refractivity contribution in [2.45, 2.75) is 56.4 Å². The van der Waals surface area contributed by atoms with Gasteiger partial charge in [0.2, 0.25) is 0 Å². The summed E-state index contributed by atoms with van der Waals surface area (Å²) >= 11 is 1.76. The zero-order chi connectivity index (χ0) is 23.5. The summed E-state index contributed by atoms with van der Waals surface area (Å²) in [6.45, 7) is 2.44. The number of nitrogens with one attached hydrogen (secondary N) is 2. The third-order valence-corrected chi connectivity index (χ3v) is 7.11. The zero-order valence-electron chi connectivity index (χ0n) is 19.0. The van der Waals surface area contributed by atoms with Gasteiger partial charge in [-0.2, -0.15) is 11.8 Å². The average molecular weight is 469 g/mol. The summed E-state index contributed by atoms with van der Waals surface area (Å²) in [6.07, 6.45) is 3.69. The molecule has 1 aliphatic rings. The minimum Gasteiger partial charge on any atom is -0.466 e. The number of carbonyl (C=O) groups is 3. The molecular formula is C26H32N2O4S. The smallest absolute Gasteiger partial charge is 0.305 e. The van der Waals surface area contributed by atoms with E-state index in [1.54, 1.807) is 36.0 Å². The van der Waals surface area contributed by atoms with Crippen LogP contribution in [0.4, 0.5) is 0 Å². The summed E-state index contributed by atoms with van der Waals surface area (Å²) < 4.78 is 5.14. The molecule has 0 bridgehead atoms. The summed E-state index contributed by atoms with van der Waals surface area (Å²) in [4.78, 5) is 37.4. The minimum absolute atomic E-state index is 0.139. The molecule has 3 atom stereocenters. The lowest BCUT2D eigenvalue weighted by Gasteiger charge is -2.26. The molecule has 0 saturated carbocycles. The van der Waals surface area contributed by atoms with Gasteiger partial charge in [-0.25, -0.2) is 0 Å². The highest BCUT2D eigenvalue weighted by atomic mass is 32.2. The van der Waals surface area contributed by atoms with E-state index in [2.05, 4.69) is 10.6 Å². The molecule has 176 valence electrons. The van der Waals surface area contributed by atoms with Gasteiger partial charge in [-0.3, -0.25) is 14.4 Å². The Hall–Kier alpha value is -2.80. The molecule has 1 fully saturated rings. The fraction of sp³-hybridized carbons (Fsp3) is 0.423. The van der Waals surface area contributed by atoms with Gasteiger partial charge in [0, 0.05) is 28.6 Å². The third kappa shape index (κ3) is 7.63. The van der Waals surface area contributed by atoms with Gasteiger partial charge in [0.1, 0.15) is 0 Å². The molecule has 0 aliphatic carbocycles. The second-order valence-corrected chi connectivity index (χ2v) is 9.42. The van der Waals surface area contributed by atoms with Gasteiger partial charge < -0.3 is 15.4 Å². The molecule has 2 aromatic carbocycles. The van der Waals surface area contributed by atoms with Crippen molar-refractivity contribution in [2.75, 3.05) is 12.4 Å². The quantitative estimate of drug-likeness (QED) is 0.381. The van der Waals surface area contributed by atoms with E-state index in [-0.39, 0.29) is 35.1 Å². The van der Waals surface area contributed by atoms with Crippen LogP contribution in [-0.4, -0.2) is 47.5 Å². The van der Waals surface area contributed by atoms with Crippen LogP contribution in [-0.2, 0) is 9.53 Å². The molecule has 1 aliphatic heterocycles. The normalized spacial score (nSPS) is 19.6. The number of benzene rings is 2. The van der Waals surface area contributed by atoms with Crippen LogP contribution in [0.1, 0.15) is 59.7 Å². The summed E-state index contributed by atoms with van der Waals surface area (Å²) in [7, 11) is 0. The number of hydrogen-bond acceptors (Lipinski definition) is 5. The Balaban J connectivity index is 1.61. The maximum Gasteiger partial charge on any atom is 0.305 e. The SMILES string of the molecule is CCCOC(=O)CCCC[C@@H]1SC[C@H](NC(=O)c2ccccc2)[C@@H]1NC(=O)c1ccccc1. The molecule has 33 heavy (non-hydrogen) atoms. The van der Waals surface area contributed by atoms with Crippen molar-refractivity contribution in [3.63, 3.8) is 0 Å². The van der Waals surface area contributed by atoms with Crippen LogP contribution in [0.5, 0.6) is 0 Å². The molecule has 0 unspecified atom stereocenters. The predicted molar refractivity (Wildman–Crippen MR) is 131 cm³/mol. The Morgan fingerprint density at radius 3 is 2.12 bits per heavy atom. The van der Waals surface area contributed by atoms with Crippen molar-refractivity contribution in [1.82, 2.24) is 10.6 Å². The van der Waals surface area contributed by atoms with Crippen LogP contribution in [0.25, 0.3) is 0 Å². The summed E-state index contributed by atoms with van der Waals surface area (Å²) in [5, 5.41) is 6.44. The first kappa shape index (κ1) is 24.8. The van der Waals surface area contributed by atoms with Crippen molar-refractivity contribution in [3.05, 3.63) is 71.8 Å². The van der Waals surface area contributed by atoms with Gasteiger partial charge >= 0.3 is 5.97 Å². The van der Waals surface area contributed by atoms with Crippen LogP contribution in [0, 0.1) is 0 Å². The van der Waals surface area contributed by atoms with E-state index in [0.29, 0.717) is 24.2 Å². The largest absolute Gasteiger partial charge is 0.466 e. The third-order valence-electron chi connectivity index (χ3n) is 5.60. The van der Waals surface area contributed by atoms with Crippen LogP contribution >= 0.6 is 11.8 Å². The van der Waals surface area contributed by atoms with Gasteiger partial charge in [0.05, 0.1) is 18.7 Å². The fourth-order valence-corrected chi connectivity index (χ4v) is 5.39. The van der Waals surface area contributed by atoms with E-state index >= 15 is 0 Å². The number of rotatable bonds is 11. The second-order valence-electron chi connectivity index (χ2n) is 8.15. The van der Waals surface area contributed by atoms with Crippen molar-refractivity contribution in [3.8, 4) is 0 Å². The standard InChI is InChI=1S/C26H32N2O4S/c1-2-17-32-23(29)16-10-9-15-22-24(28-26(31)20-13-7-4-8-14-20)21(18-33-22)27-25(30)19-11-5-3-6-12-19/h3-8,11-14,21-22,24H,2,9-10,15-18H2,1H3,(H,27,30)(H,28,31)/t21-,22-,24-/m0/s1. The number of amides is 2. The monoisotopic (exact) mass is 468 g/mol. The Kier molecular flexibility index (Phi) is 9.81. The Bertz CT molecular complexity index is 907. The highest BCUT2D eigenvalue weighted by Gasteiger charge is 2.38. The van der Waals surface area contributed by atoms with Gasteiger partial charge in [-0.1, -0.05) is 49.7 Å². The van der Waals surface area contributed by atoms with E-state index < -0.39 is 0 Å². The number of ether oxygens (including phenoxy) is 1. The molecule has 2 N–H and O–H groups in total. The lowest BCUT2D eigenvalue weighted by Crippen LogP contribution is -2.53. The van der Waals surface area contributed by atoms with Gasteiger partial charge in [0.15, 0.2) is 0 Å². The maximum absolute atomic E-state index is 12.9. The molecule has 2 aromatic rings. The molecular weight excluding hydrogens is 436 g/mol. The molecule has 1 heterocycles. The van der Waals surface area contributed by atoms with Gasteiger partial charge in [-0.15, -0.1) is 0 Å². The first-order valence-corrected chi connectivity index (χ1v) is 12.6. The molecule has 0 aromatic heterocycles. The van der Waals surface area contributed by atoms with Gasteiger partial charge in [0.25, 0.3) is 11.8 Å². The lowest BCUT2D eigenvalue weighted by atomic mass is 10.00. The first-order valence-electron chi connectivity index (χ1n) is 11.6. The Morgan fingerprint density at radius 1 is 0.909 bits per heavy atom. The van der Waals surface area contributed by atoms with Crippen molar-refractivity contribution >= 4 is 29.5 Å². The maximum atomic E-state index is 12.9. The topological polar surface area (TPSA) is 84.5 Å². The second kappa shape index (κ2) is 13.0. The highest BCUT2D eigenvalue weighted by molar-refractivity contribution is 8.00. The van der Waals surface area contributed by atoms with E-state index in [1.807, 2.05) is 43.3 Å². The molecule has 1 saturated heterocycles. The number of carbonyl (C=O) groups excluding carboxylic acids is 3. The minimum atomic E-state index is -0.192. The molecule has 7 heteroatoms. The van der Waals surface area contributed by atoms with E-state index in [9.17, 15) is 14.4 Å². The molecule has 3 rings (SSSR count). The zero-order valence-corrected chi connectivity index (χ0v) is 19.8. The van der Waals surface area contributed by atoms with Crippen molar-refractivity contribution in [2.24, 2.45) is 0 Å². The van der Waals surface area contributed by atoms with Crippen LogP contribution in [0.15, 0.2) is 60.7 Å². The van der Waals surface area contributed by atoms with Crippen LogP contribution in [0.3, 0.4) is 0 Å². The molecule has 0 spiro atoms. The van der Waals surface area contributed by atoms with Gasteiger partial charge in [-0.05, 0) is 43.5 Å². The molecule has 2 amide bonds. The lowest BCUT2D eigenvalue weighted by molar-refractivity contribution is -0.143. The van der Waals surface area contributed by atoms with Crippen LogP contribution in [0.2, 0.25) is 0 Å². The summed E-state index contributed by atoms with van der Waals surface area (Å²) in [6, 6.07) is 17.9. The number of unbranched alkanes of at least 4 members (excludes halogenated alkanes) is 1. The Morgan fingerprint density at radius 2 is 1.52 bits per heavy atom. The van der Waals surface area contributed by atoms with Crippen LogP contribution < -0.4 is 10.6 Å². The van der Waals surface area contributed by atoms with E-state index in [0.717, 1.165) is 31.4 Å². The van der Waals surface area contributed by atoms with E-state index in [1.165, 1.54) is 0 Å². The highest BCUT2D eigenvalue weighted by Crippen LogP contribution is 2.32. The average Bonchev–Trinajstić information content (AvgIpc) is 3.22. The summed E-state index contributed by atoms with van der Waals surface area (Å²) in [5.74, 6) is 0.286. The first-order chi connectivity index (χ1) is 16.1. The number of esters is 1. The summed E-state index contributed by atoms with van der Waals surface area (Å²) in [5.41, 5.74) is 1.20. The number of thioether (sulfide) groups is 1.